The van der Waals surface area contributed by atoms with Gasteiger partial charge >= 0.3 is 5.97 Å². The van der Waals surface area contributed by atoms with E-state index in [0.717, 1.165) is 5.56 Å². The van der Waals surface area contributed by atoms with E-state index in [1.165, 1.54) is 7.11 Å². The first-order valence-electron chi connectivity index (χ1n) is 5.51. The van der Waals surface area contributed by atoms with Crippen LogP contribution < -0.4 is 0 Å². The first kappa shape index (κ1) is 14.6. The Morgan fingerprint density at radius 2 is 1.94 bits per heavy atom. The minimum absolute atomic E-state index is 0.236. The van der Waals surface area contributed by atoms with Crippen molar-refractivity contribution in [3.8, 4) is 0 Å². The number of rotatable bonds is 6. The highest BCUT2D eigenvalue weighted by atomic mass is 16.5. The first-order valence-corrected chi connectivity index (χ1v) is 5.51. The van der Waals surface area contributed by atoms with Gasteiger partial charge in [0.15, 0.2) is 6.10 Å². The Morgan fingerprint density at radius 1 is 1.28 bits per heavy atom. The Labute approximate surface area is 106 Å². The number of esters is 1. The quantitative estimate of drug-likeness (QED) is 0.773. The topological polar surface area (TPSA) is 65.0 Å². The molecule has 0 aliphatic carbocycles. The maximum atomic E-state index is 11.3. The number of hydrogen-bond acceptors (Lipinski definition) is 5. The Kier molecular flexibility index (Phi) is 5.77. The normalized spacial score (nSPS) is 14.0. The van der Waals surface area contributed by atoms with Crippen molar-refractivity contribution >= 4 is 5.97 Å². The maximum Gasteiger partial charge on any atom is 0.339 e. The zero-order chi connectivity index (χ0) is 13.5. The molecule has 100 valence electrons. The molecular formula is C13H18O5. The second-order valence-electron chi connectivity index (χ2n) is 3.78. The smallest absolute Gasteiger partial charge is 0.339 e. The Hall–Kier alpha value is -1.43. The van der Waals surface area contributed by atoms with Gasteiger partial charge in [0.25, 0.3) is 0 Å². The van der Waals surface area contributed by atoms with Gasteiger partial charge in [-0.25, -0.2) is 4.79 Å². The Bertz CT molecular complexity index is 391. The van der Waals surface area contributed by atoms with Gasteiger partial charge < -0.3 is 19.3 Å². The Morgan fingerprint density at radius 3 is 2.50 bits per heavy atom. The molecule has 5 nitrogen and oxygen atoms in total. The number of hydrogen-bond donors (Lipinski definition) is 1. The lowest BCUT2D eigenvalue weighted by Gasteiger charge is -2.16. The number of carbonyl (C=O) groups is 1. The van der Waals surface area contributed by atoms with Crippen LogP contribution in [0.2, 0.25) is 0 Å². The number of aliphatic hydroxyl groups excluding tert-OH is 1. The van der Waals surface area contributed by atoms with E-state index in [4.69, 9.17) is 9.47 Å². The monoisotopic (exact) mass is 254 g/mol. The molecule has 1 N–H and O–H groups in total. The van der Waals surface area contributed by atoms with Crippen LogP contribution in [0.3, 0.4) is 0 Å². The molecule has 5 heteroatoms. The summed E-state index contributed by atoms with van der Waals surface area (Å²) in [7, 11) is 4.39. The van der Waals surface area contributed by atoms with Gasteiger partial charge in [-0.1, -0.05) is 18.2 Å². The van der Waals surface area contributed by atoms with E-state index < -0.39 is 12.1 Å². The standard InChI is InChI=1S/C13H18O5/c1-16-8-11(17-2)9-5-4-6-10(7-9)12(14)13(15)18-3/h4-7,11-12,14H,8H2,1-3H3. The van der Waals surface area contributed by atoms with E-state index >= 15 is 0 Å². The van der Waals surface area contributed by atoms with Gasteiger partial charge in [-0.15, -0.1) is 0 Å². The lowest BCUT2D eigenvalue weighted by molar-refractivity contribution is -0.150. The van der Waals surface area contributed by atoms with Crippen molar-refractivity contribution in [2.75, 3.05) is 27.9 Å². The van der Waals surface area contributed by atoms with Gasteiger partial charge in [-0.2, -0.15) is 0 Å². The van der Waals surface area contributed by atoms with Crippen molar-refractivity contribution in [3.63, 3.8) is 0 Å². The summed E-state index contributed by atoms with van der Waals surface area (Å²) in [5, 5.41) is 9.75. The van der Waals surface area contributed by atoms with Crippen LogP contribution in [0.15, 0.2) is 24.3 Å². The van der Waals surface area contributed by atoms with Crippen LogP contribution in [-0.2, 0) is 19.0 Å². The molecular weight excluding hydrogens is 236 g/mol. The molecule has 0 saturated heterocycles. The van der Waals surface area contributed by atoms with Gasteiger partial charge in [-0.3, -0.25) is 0 Å². The molecule has 1 aromatic carbocycles. The van der Waals surface area contributed by atoms with Gasteiger partial charge in [0.1, 0.15) is 6.10 Å². The van der Waals surface area contributed by atoms with Crippen molar-refractivity contribution in [2.45, 2.75) is 12.2 Å². The summed E-state index contributed by atoms with van der Waals surface area (Å²) < 4.78 is 14.8. The van der Waals surface area contributed by atoms with E-state index in [0.29, 0.717) is 12.2 Å². The highest BCUT2D eigenvalue weighted by Gasteiger charge is 2.19. The zero-order valence-corrected chi connectivity index (χ0v) is 10.8. The minimum Gasteiger partial charge on any atom is -0.467 e. The van der Waals surface area contributed by atoms with E-state index in [1.54, 1.807) is 32.4 Å². The molecule has 0 aromatic heterocycles. The fraction of sp³-hybridized carbons (Fsp3) is 0.462. The molecule has 0 spiro atoms. The van der Waals surface area contributed by atoms with Crippen molar-refractivity contribution in [2.24, 2.45) is 0 Å². The molecule has 0 radical (unpaired) electrons. The summed E-state index contributed by atoms with van der Waals surface area (Å²) in [6, 6.07) is 6.96. The summed E-state index contributed by atoms with van der Waals surface area (Å²) in [6.07, 6.45) is -1.52. The second kappa shape index (κ2) is 7.10. The zero-order valence-electron chi connectivity index (χ0n) is 10.8. The number of ether oxygens (including phenoxy) is 3. The maximum absolute atomic E-state index is 11.3. The Balaban J connectivity index is 2.94. The molecule has 2 atom stereocenters. The molecule has 1 aromatic rings. The van der Waals surface area contributed by atoms with Crippen LogP contribution in [0.5, 0.6) is 0 Å². The predicted octanol–water partition coefficient (Wildman–Crippen LogP) is 1.23. The van der Waals surface area contributed by atoms with Crippen LogP contribution in [0, 0.1) is 0 Å². The highest BCUT2D eigenvalue weighted by molar-refractivity contribution is 5.76. The highest BCUT2D eigenvalue weighted by Crippen LogP contribution is 2.22. The molecule has 0 amide bonds. The molecule has 0 heterocycles. The predicted molar refractivity (Wildman–Crippen MR) is 65.0 cm³/mol. The number of methoxy groups -OCH3 is 3. The van der Waals surface area contributed by atoms with Crippen LogP contribution in [0.25, 0.3) is 0 Å². The summed E-state index contributed by atoms with van der Waals surface area (Å²) in [5.74, 6) is -0.687. The molecule has 0 fully saturated rings. The SMILES string of the molecule is COCC(OC)c1cccc(C(O)C(=O)OC)c1. The molecule has 0 aliphatic heterocycles. The summed E-state index contributed by atoms with van der Waals surface area (Å²) in [5.41, 5.74) is 1.30. The van der Waals surface area contributed by atoms with Crippen molar-refractivity contribution in [1.82, 2.24) is 0 Å². The lowest BCUT2D eigenvalue weighted by Crippen LogP contribution is -2.14. The van der Waals surface area contributed by atoms with Gasteiger partial charge in [0.05, 0.1) is 13.7 Å². The van der Waals surface area contributed by atoms with Crippen molar-refractivity contribution in [3.05, 3.63) is 35.4 Å². The van der Waals surface area contributed by atoms with E-state index in [2.05, 4.69) is 4.74 Å². The molecule has 2 unspecified atom stereocenters. The number of carbonyl (C=O) groups excluding carboxylic acids is 1. The summed E-state index contributed by atoms with van der Waals surface area (Å²) >= 11 is 0. The second-order valence-corrected chi connectivity index (χ2v) is 3.78. The van der Waals surface area contributed by atoms with Crippen LogP contribution in [0.4, 0.5) is 0 Å². The van der Waals surface area contributed by atoms with Crippen molar-refractivity contribution in [1.29, 1.82) is 0 Å². The summed E-state index contributed by atoms with van der Waals surface area (Å²) in [6.45, 7) is 0.397. The molecule has 0 aliphatic rings. The first-order chi connectivity index (χ1) is 8.63. The van der Waals surface area contributed by atoms with E-state index in [9.17, 15) is 9.90 Å². The average molecular weight is 254 g/mol. The average Bonchev–Trinajstić information content (AvgIpc) is 2.43. The number of aliphatic hydroxyl groups is 1. The summed E-state index contributed by atoms with van der Waals surface area (Å²) in [4.78, 5) is 11.3. The van der Waals surface area contributed by atoms with Gasteiger partial charge in [0.2, 0.25) is 0 Å². The van der Waals surface area contributed by atoms with Crippen LogP contribution in [-0.4, -0.2) is 39.0 Å². The molecule has 0 saturated carbocycles. The molecule has 0 bridgehead atoms. The molecule has 1 rings (SSSR count). The third-order valence-corrected chi connectivity index (χ3v) is 2.63. The van der Waals surface area contributed by atoms with Crippen LogP contribution in [0.1, 0.15) is 23.3 Å². The third kappa shape index (κ3) is 3.53. The number of benzene rings is 1. The van der Waals surface area contributed by atoms with Gasteiger partial charge in [0, 0.05) is 14.2 Å². The fourth-order valence-corrected chi connectivity index (χ4v) is 1.63. The lowest BCUT2D eigenvalue weighted by atomic mass is 10.0. The van der Waals surface area contributed by atoms with Crippen molar-refractivity contribution < 1.29 is 24.1 Å². The fourth-order valence-electron chi connectivity index (χ4n) is 1.63. The van der Waals surface area contributed by atoms with Gasteiger partial charge in [-0.05, 0) is 17.2 Å². The molecule has 18 heavy (non-hydrogen) atoms. The largest absolute Gasteiger partial charge is 0.467 e. The minimum atomic E-state index is -1.28. The van der Waals surface area contributed by atoms with E-state index in [-0.39, 0.29) is 6.10 Å². The van der Waals surface area contributed by atoms with E-state index in [1.807, 2.05) is 6.07 Å². The van der Waals surface area contributed by atoms with Crippen LogP contribution >= 0.6 is 0 Å². The third-order valence-electron chi connectivity index (χ3n) is 2.63.